The standard InChI is InChI=1S/C25H18N6O4S/c32-23(18-12-7-15-35-18)26-20-14-13-19(36-20)24(33)28-29-25(34)21-27-22(16-8-3-1-4-9-16)31(30-21)17-10-5-2-6-11-17/h1-15H,(H,26,32)(H,28,33)(H,29,34). The molecule has 11 heteroatoms. The number of nitrogens with zero attached hydrogens (tertiary/aromatic N) is 3. The first-order valence-corrected chi connectivity index (χ1v) is 11.5. The molecule has 0 spiro atoms. The van der Waals surface area contributed by atoms with Crippen LogP contribution < -0.4 is 16.2 Å². The lowest BCUT2D eigenvalue weighted by atomic mass is 10.2. The Balaban J connectivity index is 1.28. The van der Waals surface area contributed by atoms with E-state index in [0.29, 0.717) is 10.8 Å². The van der Waals surface area contributed by atoms with Crippen molar-refractivity contribution in [2.24, 2.45) is 0 Å². The Hall–Kier alpha value is -5.03. The quantitative estimate of drug-likeness (QED) is 0.304. The predicted octanol–water partition coefficient (Wildman–Crippen LogP) is 3.92. The Morgan fingerprint density at radius 2 is 1.50 bits per heavy atom. The van der Waals surface area contributed by atoms with E-state index in [0.717, 1.165) is 22.6 Å². The molecule has 5 aromatic rings. The molecule has 178 valence electrons. The number of thiophene rings is 1. The Morgan fingerprint density at radius 3 is 2.22 bits per heavy atom. The fourth-order valence-electron chi connectivity index (χ4n) is 3.27. The van der Waals surface area contributed by atoms with Crippen molar-refractivity contribution in [1.29, 1.82) is 0 Å². The number of carbonyl (C=O) groups excluding carboxylic acids is 3. The van der Waals surface area contributed by atoms with Gasteiger partial charge >= 0.3 is 5.91 Å². The van der Waals surface area contributed by atoms with Crippen LogP contribution in [0.4, 0.5) is 5.00 Å². The molecule has 0 fully saturated rings. The van der Waals surface area contributed by atoms with Crippen LogP contribution in [0.1, 0.15) is 30.8 Å². The Kier molecular flexibility index (Phi) is 6.36. The summed E-state index contributed by atoms with van der Waals surface area (Å²) < 4.78 is 6.62. The van der Waals surface area contributed by atoms with E-state index < -0.39 is 17.7 Å². The zero-order valence-corrected chi connectivity index (χ0v) is 19.4. The molecule has 3 aromatic heterocycles. The summed E-state index contributed by atoms with van der Waals surface area (Å²) in [7, 11) is 0. The summed E-state index contributed by atoms with van der Waals surface area (Å²) in [6.45, 7) is 0. The SMILES string of the molecule is O=C(NNC(=O)c1ccc(NC(=O)c2ccco2)s1)c1nc(-c2ccccc2)n(-c2ccccc2)n1. The fourth-order valence-corrected chi connectivity index (χ4v) is 4.07. The number of carbonyl (C=O) groups is 3. The smallest absolute Gasteiger partial charge is 0.309 e. The third-order valence-electron chi connectivity index (χ3n) is 4.94. The molecular formula is C25H18N6O4S. The predicted molar refractivity (Wildman–Crippen MR) is 133 cm³/mol. The van der Waals surface area contributed by atoms with Crippen molar-refractivity contribution in [3.8, 4) is 17.1 Å². The maximum atomic E-state index is 12.8. The van der Waals surface area contributed by atoms with E-state index in [1.807, 2.05) is 60.7 Å². The summed E-state index contributed by atoms with van der Waals surface area (Å²) >= 11 is 1.04. The molecule has 3 amide bonds. The van der Waals surface area contributed by atoms with Gasteiger partial charge in [-0.25, -0.2) is 9.67 Å². The molecule has 10 nitrogen and oxygen atoms in total. The number of aromatic nitrogens is 3. The van der Waals surface area contributed by atoms with Crippen LogP contribution in [0.15, 0.2) is 95.6 Å². The van der Waals surface area contributed by atoms with Crippen LogP contribution in [0.5, 0.6) is 0 Å². The van der Waals surface area contributed by atoms with Crippen molar-refractivity contribution >= 4 is 34.1 Å². The lowest BCUT2D eigenvalue weighted by Crippen LogP contribution is -2.41. The normalized spacial score (nSPS) is 10.6. The van der Waals surface area contributed by atoms with Crippen LogP contribution in [0, 0.1) is 0 Å². The van der Waals surface area contributed by atoms with Crippen molar-refractivity contribution < 1.29 is 18.8 Å². The van der Waals surface area contributed by atoms with Crippen molar-refractivity contribution in [2.45, 2.75) is 0 Å². The number of benzene rings is 2. The first-order chi connectivity index (χ1) is 17.6. The monoisotopic (exact) mass is 498 g/mol. The van der Waals surface area contributed by atoms with Gasteiger partial charge in [0.05, 0.1) is 21.8 Å². The van der Waals surface area contributed by atoms with Crippen LogP contribution in [-0.4, -0.2) is 32.5 Å². The van der Waals surface area contributed by atoms with Crippen LogP contribution >= 0.6 is 11.3 Å². The van der Waals surface area contributed by atoms with Crippen molar-refractivity contribution in [3.05, 3.63) is 108 Å². The molecule has 0 atom stereocenters. The summed E-state index contributed by atoms with van der Waals surface area (Å²) in [5, 5.41) is 7.45. The van der Waals surface area contributed by atoms with Gasteiger partial charge in [-0.1, -0.05) is 48.5 Å². The third kappa shape index (κ3) is 4.91. The largest absolute Gasteiger partial charge is 0.459 e. The number of nitrogens with one attached hydrogen (secondary N) is 3. The van der Waals surface area contributed by atoms with E-state index in [1.165, 1.54) is 18.4 Å². The molecule has 0 aliphatic carbocycles. The van der Waals surface area contributed by atoms with Crippen molar-refractivity contribution in [2.75, 3.05) is 5.32 Å². The summed E-state index contributed by atoms with van der Waals surface area (Å²) in [6.07, 6.45) is 1.39. The molecule has 0 aliphatic rings. The van der Waals surface area contributed by atoms with Gasteiger partial charge in [0.15, 0.2) is 11.6 Å². The highest BCUT2D eigenvalue weighted by Crippen LogP contribution is 2.23. The van der Waals surface area contributed by atoms with Gasteiger partial charge in [-0.05, 0) is 36.4 Å². The highest BCUT2D eigenvalue weighted by atomic mass is 32.1. The molecular weight excluding hydrogens is 480 g/mol. The number of furan rings is 1. The van der Waals surface area contributed by atoms with Crippen molar-refractivity contribution in [3.63, 3.8) is 0 Å². The second-order valence-corrected chi connectivity index (χ2v) is 8.46. The zero-order chi connectivity index (χ0) is 24.9. The molecule has 36 heavy (non-hydrogen) atoms. The highest BCUT2D eigenvalue weighted by molar-refractivity contribution is 7.18. The molecule has 0 bridgehead atoms. The number of anilines is 1. The lowest BCUT2D eigenvalue weighted by Gasteiger charge is -2.05. The van der Waals surface area contributed by atoms with Crippen molar-refractivity contribution in [1.82, 2.24) is 25.6 Å². The van der Waals surface area contributed by atoms with E-state index in [-0.39, 0.29) is 16.5 Å². The van der Waals surface area contributed by atoms with Crippen LogP contribution in [0.2, 0.25) is 0 Å². The van der Waals surface area contributed by atoms with Gasteiger partial charge in [-0.2, -0.15) is 0 Å². The van der Waals surface area contributed by atoms with Gasteiger partial charge in [0.25, 0.3) is 11.8 Å². The van der Waals surface area contributed by atoms with Gasteiger partial charge in [-0.15, -0.1) is 16.4 Å². The average Bonchev–Trinajstić information content (AvgIpc) is 3.69. The number of hydrogen-bond donors (Lipinski definition) is 3. The lowest BCUT2D eigenvalue weighted by molar-refractivity contribution is 0.0843. The second kappa shape index (κ2) is 10.1. The van der Waals surface area contributed by atoms with E-state index in [4.69, 9.17) is 4.42 Å². The van der Waals surface area contributed by atoms with E-state index >= 15 is 0 Å². The van der Waals surface area contributed by atoms with Crippen LogP contribution in [0.25, 0.3) is 17.1 Å². The molecule has 0 unspecified atom stereocenters. The first kappa shape index (κ1) is 22.7. The van der Waals surface area contributed by atoms with E-state index in [2.05, 4.69) is 26.3 Å². The molecule has 0 radical (unpaired) electrons. The van der Waals surface area contributed by atoms with E-state index in [9.17, 15) is 14.4 Å². The van der Waals surface area contributed by atoms with Gasteiger partial charge in [0.1, 0.15) is 0 Å². The van der Waals surface area contributed by atoms with Gasteiger partial charge < -0.3 is 9.73 Å². The fraction of sp³-hybridized carbons (Fsp3) is 0. The number of para-hydroxylation sites is 1. The molecule has 0 saturated heterocycles. The Labute approximate surface area is 208 Å². The van der Waals surface area contributed by atoms with Crippen LogP contribution in [0.3, 0.4) is 0 Å². The Bertz CT molecular complexity index is 1450. The topological polar surface area (TPSA) is 131 Å². The third-order valence-corrected chi connectivity index (χ3v) is 5.94. The highest BCUT2D eigenvalue weighted by Gasteiger charge is 2.20. The number of rotatable bonds is 6. The minimum Gasteiger partial charge on any atom is -0.459 e. The molecule has 3 heterocycles. The second-order valence-electron chi connectivity index (χ2n) is 7.38. The summed E-state index contributed by atoms with van der Waals surface area (Å²) in [5.74, 6) is -1.16. The zero-order valence-electron chi connectivity index (χ0n) is 18.5. The van der Waals surface area contributed by atoms with Gasteiger partial charge in [0, 0.05) is 5.56 Å². The molecule has 5 rings (SSSR count). The number of hydrazine groups is 1. The minimum absolute atomic E-state index is 0.115. The average molecular weight is 499 g/mol. The summed E-state index contributed by atoms with van der Waals surface area (Å²) in [4.78, 5) is 42.1. The Morgan fingerprint density at radius 1 is 0.778 bits per heavy atom. The maximum absolute atomic E-state index is 12.8. The maximum Gasteiger partial charge on any atom is 0.309 e. The number of hydrogen-bond acceptors (Lipinski definition) is 7. The molecule has 0 aliphatic heterocycles. The van der Waals surface area contributed by atoms with Crippen LogP contribution in [-0.2, 0) is 0 Å². The van der Waals surface area contributed by atoms with Gasteiger partial charge in [-0.3, -0.25) is 25.2 Å². The summed E-state index contributed by atoms with van der Waals surface area (Å²) in [5.41, 5.74) is 6.20. The molecule has 3 N–H and O–H groups in total. The van der Waals surface area contributed by atoms with E-state index in [1.54, 1.807) is 16.8 Å². The summed E-state index contributed by atoms with van der Waals surface area (Å²) in [6, 6.07) is 24.9. The molecule has 2 aromatic carbocycles. The number of amides is 3. The minimum atomic E-state index is -0.682. The molecule has 0 saturated carbocycles. The first-order valence-electron chi connectivity index (χ1n) is 10.7. The van der Waals surface area contributed by atoms with Gasteiger partial charge in [0.2, 0.25) is 5.82 Å².